The molecule has 0 saturated heterocycles. The lowest BCUT2D eigenvalue weighted by molar-refractivity contribution is -0.137. The fourth-order valence-corrected chi connectivity index (χ4v) is 3.72. The van der Waals surface area contributed by atoms with Crippen LogP contribution in [-0.2, 0) is 34.5 Å². The summed E-state index contributed by atoms with van der Waals surface area (Å²) in [6.07, 6.45) is 2.55. The van der Waals surface area contributed by atoms with Crippen molar-refractivity contribution in [1.82, 2.24) is 0 Å². The summed E-state index contributed by atoms with van der Waals surface area (Å²) in [6.45, 7) is 5.75. The van der Waals surface area contributed by atoms with E-state index in [0.29, 0.717) is 11.3 Å². The molecule has 0 aliphatic rings. The van der Waals surface area contributed by atoms with E-state index in [1.54, 1.807) is 26.8 Å². The first-order valence-corrected chi connectivity index (χ1v) is 8.90. The van der Waals surface area contributed by atoms with Gasteiger partial charge in [0.25, 0.3) is 0 Å². The molecule has 0 amide bonds. The average molecular weight is 346 g/mol. The van der Waals surface area contributed by atoms with E-state index in [4.69, 9.17) is 22.9 Å². The molecular weight excluding hydrogens is 323 g/mol. The Morgan fingerprint density at radius 2 is 1.87 bits per heavy atom. The van der Waals surface area contributed by atoms with Gasteiger partial charge < -0.3 is 22.9 Å². The topological polar surface area (TPSA) is 84.2 Å². The minimum atomic E-state index is -3.70. The van der Waals surface area contributed by atoms with Gasteiger partial charge in [0.2, 0.25) is 0 Å². The molecule has 1 aromatic heterocycles. The molecule has 0 unspecified atom stereocenters. The quantitative estimate of drug-likeness (QED) is 0.363. The molecule has 7 nitrogen and oxygen atoms in total. The SMILES string of the molecule is CCOC(=O)C=C(c1ccoc1COC)P(=O)(OCC)OCC. The lowest BCUT2D eigenvalue weighted by atomic mass is 10.2. The van der Waals surface area contributed by atoms with Crippen LogP contribution < -0.4 is 0 Å². The van der Waals surface area contributed by atoms with Gasteiger partial charge in [-0.15, -0.1) is 0 Å². The second kappa shape index (κ2) is 9.67. The maximum atomic E-state index is 13.1. The van der Waals surface area contributed by atoms with Crippen molar-refractivity contribution in [2.24, 2.45) is 0 Å². The van der Waals surface area contributed by atoms with Gasteiger partial charge in [-0.25, -0.2) is 4.79 Å². The van der Waals surface area contributed by atoms with E-state index in [-0.39, 0.29) is 31.7 Å². The summed E-state index contributed by atoms with van der Waals surface area (Å²) in [5.41, 5.74) is 0.435. The van der Waals surface area contributed by atoms with E-state index >= 15 is 0 Å². The van der Waals surface area contributed by atoms with E-state index in [2.05, 4.69) is 0 Å². The molecule has 1 rings (SSSR count). The van der Waals surface area contributed by atoms with Crippen LogP contribution in [0.15, 0.2) is 22.8 Å². The highest BCUT2D eigenvalue weighted by Crippen LogP contribution is 2.61. The third kappa shape index (κ3) is 5.32. The van der Waals surface area contributed by atoms with E-state index < -0.39 is 13.6 Å². The minimum Gasteiger partial charge on any atom is -0.466 e. The van der Waals surface area contributed by atoms with Crippen molar-refractivity contribution in [3.05, 3.63) is 29.7 Å². The molecule has 0 spiro atoms. The van der Waals surface area contributed by atoms with E-state index in [1.165, 1.54) is 13.4 Å². The van der Waals surface area contributed by atoms with Gasteiger partial charge in [0.15, 0.2) is 0 Å². The van der Waals surface area contributed by atoms with Crippen molar-refractivity contribution in [3.8, 4) is 0 Å². The summed E-state index contributed by atoms with van der Waals surface area (Å²) < 4.78 is 39.1. The third-order valence-corrected chi connectivity index (χ3v) is 4.89. The molecule has 8 heteroatoms. The molecule has 0 bridgehead atoms. The average Bonchev–Trinajstić information content (AvgIpc) is 2.94. The van der Waals surface area contributed by atoms with Gasteiger partial charge in [0.1, 0.15) is 12.4 Å². The molecule has 23 heavy (non-hydrogen) atoms. The summed E-state index contributed by atoms with van der Waals surface area (Å²) in [4.78, 5) is 11.9. The first-order chi connectivity index (χ1) is 11.0. The Labute approximate surface area is 136 Å². The first kappa shape index (κ1) is 19.6. The van der Waals surface area contributed by atoms with Gasteiger partial charge in [-0.05, 0) is 26.8 Å². The maximum absolute atomic E-state index is 13.1. The number of rotatable bonds is 10. The van der Waals surface area contributed by atoms with Crippen LogP contribution in [0.2, 0.25) is 0 Å². The molecule has 130 valence electrons. The van der Waals surface area contributed by atoms with Crippen molar-refractivity contribution < 1.29 is 32.3 Å². The van der Waals surface area contributed by atoms with Crippen LogP contribution in [0.25, 0.3) is 5.31 Å². The Hall–Kier alpha value is -1.40. The summed E-state index contributed by atoms with van der Waals surface area (Å²) in [6, 6.07) is 1.59. The van der Waals surface area contributed by atoms with Gasteiger partial charge in [0, 0.05) is 18.7 Å². The van der Waals surface area contributed by atoms with Crippen molar-refractivity contribution in [2.75, 3.05) is 26.9 Å². The summed E-state index contributed by atoms with van der Waals surface area (Å²) >= 11 is 0. The number of methoxy groups -OCH3 is 1. The Morgan fingerprint density at radius 1 is 1.22 bits per heavy atom. The predicted molar refractivity (Wildman–Crippen MR) is 84.9 cm³/mol. The zero-order valence-corrected chi connectivity index (χ0v) is 14.8. The van der Waals surface area contributed by atoms with Crippen molar-refractivity contribution in [2.45, 2.75) is 27.4 Å². The number of hydrogen-bond acceptors (Lipinski definition) is 7. The molecule has 0 N–H and O–H groups in total. The van der Waals surface area contributed by atoms with Crippen LogP contribution in [0.5, 0.6) is 0 Å². The second-order valence-electron chi connectivity index (χ2n) is 4.31. The number of esters is 1. The molecule has 0 aliphatic carbocycles. The van der Waals surface area contributed by atoms with Crippen molar-refractivity contribution in [3.63, 3.8) is 0 Å². The first-order valence-electron chi connectivity index (χ1n) is 7.36. The maximum Gasteiger partial charge on any atom is 0.362 e. The Morgan fingerprint density at radius 3 is 2.39 bits per heavy atom. The number of furan rings is 1. The monoisotopic (exact) mass is 346 g/mol. The van der Waals surface area contributed by atoms with Crippen LogP contribution in [0.3, 0.4) is 0 Å². The van der Waals surface area contributed by atoms with Crippen LogP contribution in [0.1, 0.15) is 32.1 Å². The Bertz CT molecular complexity index is 566. The van der Waals surface area contributed by atoms with Crippen LogP contribution in [-0.4, -0.2) is 32.9 Å². The fraction of sp³-hybridized carbons (Fsp3) is 0.533. The van der Waals surface area contributed by atoms with E-state index in [0.717, 1.165) is 6.08 Å². The predicted octanol–water partition coefficient (Wildman–Crippen LogP) is 3.60. The summed E-state index contributed by atoms with van der Waals surface area (Å²) in [5.74, 6) is -0.214. The largest absolute Gasteiger partial charge is 0.466 e. The van der Waals surface area contributed by atoms with Gasteiger partial charge in [-0.3, -0.25) is 4.57 Å². The molecule has 0 saturated carbocycles. The standard InChI is InChI=1S/C15H23O7P/c1-5-19-15(16)10-14(23(17,21-6-2)22-7-3)12-8-9-20-13(12)11-18-4/h8-10H,5-7,11H2,1-4H3. The molecule has 0 aliphatic heterocycles. The molecule has 1 heterocycles. The molecule has 1 aromatic rings. The Kier molecular flexibility index (Phi) is 8.26. The van der Waals surface area contributed by atoms with Crippen LogP contribution in [0, 0.1) is 0 Å². The highest BCUT2D eigenvalue weighted by atomic mass is 31.2. The van der Waals surface area contributed by atoms with Gasteiger partial charge >= 0.3 is 13.6 Å². The highest BCUT2D eigenvalue weighted by molar-refractivity contribution is 7.65. The second-order valence-corrected chi connectivity index (χ2v) is 6.30. The van der Waals surface area contributed by atoms with Gasteiger partial charge in [-0.1, -0.05) is 0 Å². The fourth-order valence-electron chi connectivity index (χ4n) is 1.93. The third-order valence-electron chi connectivity index (χ3n) is 2.73. The number of carbonyl (C=O) groups is 1. The zero-order valence-electron chi connectivity index (χ0n) is 13.9. The van der Waals surface area contributed by atoms with Crippen LogP contribution in [0.4, 0.5) is 0 Å². The van der Waals surface area contributed by atoms with Gasteiger partial charge in [0.05, 0.1) is 31.4 Å². The molecule has 0 atom stereocenters. The molecule has 0 radical (unpaired) electrons. The summed E-state index contributed by atoms with van der Waals surface area (Å²) in [5, 5.41) is 0.0976. The normalized spacial score (nSPS) is 12.4. The van der Waals surface area contributed by atoms with Crippen molar-refractivity contribution >= 4 is 18.9 Å². The molecule has 0 fully saturated rings. The van der Waals surface area contributed by atoms with Crippen molar-refractivity contribution in [1.29, 1.82) is 0 Å². The molecule has 0 aromatic carbocycles. The lowest BCUT2D eigenvalue weighted by Gasteiger charge is -2.20. The number of hydrogen-bond donors (Lipinski definition) is 0. The Balaban J connectivity index is 3.39. The van der Waals surface area contributed by atoms with E-state index in [1.807, 2.05) is 0 Å². The molecular formula is C15H23O7P. The zero-order chi connectivity index (χ0) is 17.3. The van der Waals surface area contributed by atoms with Gasteiger partial charge in [-0.2, -0.15) is 0 Å². The smallest absolute Gasteiger partial charge is 0.362 e. The van der Waals surface area contributed by atoms with Crippen LogP contribution >= 0.6 is 7.60 Å². The minimum absolute atomic E-state index is 0.0976. The lowest BCUT2D eigenvalue weighted by Crippen LogP contribution is -2.05. The van der Waals surface area contributed by atoms with E-state index in [9.17, 15) is 9.36 Å². The number of ether oxygens (including phenoxy) is 2. The summed E-state index contributed by atoms with van der Waals surface area (Å²) in [7, 11) is -2.20. The highest BCUT2D eigenvalue weighted by Gasteiger charge is 2.34. The number of carbonyl (C=O) groups excluding carboxylic acids is 1.